The second-order valence-corrected chi connectivity index (χ2v) is 5.66. The van der Waals surface area contributed by atoms with Crippen LogP contribution in [-0.4, -0.2) is 41.5 Å². The lowest BCUT2D eigenvalue weighted by molar-refractivity contribution is -0.145. The van der Waals surface area contributed by atoms with Crippen LogP contribution in [0, 0.1) is 5.82 Å². The average Bonchev–Trinajstić information content (AvgIpc) is 2.51. The maximum absolute atomic E-state index is 13.1. The molecular formula is C16H22FNO4. The van der Waals surface area contributed by atoms with Crippen molar-refractivity contribution in [3.8, 4) is 0 Å². The lowest BCUT2D eigenvalue weighted by Gasteiger charge is -2.29. The van der Waals surface area contributed by atoms with E-state index in [0.717, 1.165) is 25.7 Å². The van der Waals surface area contributed by atoms with Crippen molar-refractivity contribution in [1.82, 2.24) is 5.32 Å². The monoisotopic (exact) mass is 311 g/mol. The van der Waals surface area contributed by atoms with E-state index in [0.29, 0.717) is 12.1 Å². The van der Waals surface area contributed by atoms with E-state index in [-0.39, 0.29) is 24.6 Å². The first-order valence-electron chi connectivity index (χ1n) is 7.55. The molecule has 122 valence electrons. The molecule has 0 bridgehead atoms. The van der Waals surface area contributed by atoms with Crippen molar-refractivity contribution in [1.29, 1.82) is 0 Å². The van der Waals surface area contributed by atoms with Gasteiger partial charge in [-0.25, -0.2) is 9.18 Å². The molecule has 1 aliphatic rings. The molecule has 0 unspecified atom stereocenters. The van der Waals surface area contributed by atoms with Gasteiger partial charge in [0.05, 0.1) is 12.2 Å². The van der Waals surface area contributed by atoms with Gasteiger partial charge in [-0.15, -0.1) is 0 Å². The summed E-state index contributed by atoms with van der Waals surface area (Å²) in [6.45, 7) is 0.121. The smallest absolute Gasteiger partial charge is 0.329 e. The number of ether oxygens (including phenoxy) is 1. The van der Waals surface area contributed by atoms with Crippen molar-refractivity contribution >= 4 is 5.97 Å². The number of nitrogens with one attached hydrogen (secondary N) is 1. The minimum absolute atomic E-state index is 0.00212. The molecule has 1 aliphatic carbocycles. The number of halogens is 1. The molecule has 22 heavy (non-hydrogen) atoms. The molecule has 2 rings (SSSR count). The number of carboxylic acid groups (broad SMARTS) is 1. The molecule has 1 saturated carbocycles. The van der Waals surface area contributed by atoms with Crippen molar-refractivity contribution in [2.24, 2.45) is 0 Å². The van der Waals surface area contributed by atoms with E-state index in [1.54, 1.807) is 12.1 Å². The van der Waals surface area contributed by atoms with Crippen LogP contribution in [0.5, 0.6) is 0 Å². The summed E-state index contributed by atoms with van der Waals surface area (Å²) in [5.41, 5.74) is 0.561. The second-order valence-electron chi connectivity index (χ2n) is 5.66. The highest BCUT2D eigenvalue weighted by molar-refractivity contribution is 5.68. The number of carboxylic acids is 1. The van der Waals surface area contributed by atoms with Crippen molar-refractivity contribution in [2.45, 2.75) is 43.9 Å². The first kappa shape index (κ1) is 16.9. The van der Waals surface area contributed by atoms with Gasteiger partial charge in [0.15, 0.2) is 0 Å². The zero-order chi connectivity index (χ0) is 15.9. The first-order valence-corrected chi connectivity index (χ1v) is 7.55. The van der Waals surface area contributed by atoms with Crippen LogP contribution in [0.15, 0.2) is 24.3 Å². The zero-order valence-electron chi connectivity index (χ0n) is 12.4. The molecule has 0 aromatic heterocycles. The number of aliphatic carboxylic acids is 1. The molecule has 1 fully saturated rings. The van der Waals surface area contributed by atoms with E-state index in [2.05, 4.69) is 5.32 Å². The maximum Gasteiger partial charge on any atom is 0.329 e. The van der Waals surface area contributed by atoms with Crippen LogP contribution in [0.4, 0.5) is 4.39 Å². The topological polar surface area (TPSA) is 78.8 Å². The first-order chi connectivity index (χ1) is 10.5. The summed E-state index contributed by atoms with van der Waals surface area (Å²) in [6.07, 6.45) is 2.63. The van der Waals surface area contributed by atoms with Crippen LogP contribution in [0.2, 0.25) is 0 Å². The zero-order valence-corrected chi connectivity index (χ0v) is 12.4. The van der Waals surface area contributed by atoms with Gasteiger partial charge < -0.3 is 20.3 Å². The highest BCUT2D eigenvalue weighted by Gasteiger charge is 2.22. The number of hydrogen-bond acceptors (Lipinski definition) is 4. The van der Waals surface area contributed by atoms with Crippen LogP contribution in [-0.2, 0) is 9.53 Å². The summed E-state index contributed by atoms with van der Waals surface area (Å²) in [4.78, 5) is 10.5. The van der Waals surface area contributed by atoms with E-state index >= 15 is 0 Å². The second kappa shape index (κ2) is 8.22. The minimum atomic E-state index is -0.946. The number of benzene rings is 1. The molecule has 1 aromatic carbocycles. The molecule has 6 heteroatoms. The van der Waals surface area contributed by atoms with Crippen molar-refractivity contribution in [3.63, 3.8) is 0 Å². The van der Waals surface area contributed by atoms with Gasteiger partial charge in [0.25, 0.3) is 0 Å². The Hall–Kier alpha value is -1.50. The Morgan fingerprint density at radius 3 is 2.73 bits per heavy atom. The van der Waals surface area contributed by atoms with Crippen LogP contribution >= 0.6 is 0 Å². The predicted molar refractivity (Wildman–Crippen MR) is 79.0 cm³/mol. The molecule has 3 N–H and O–H groups in total. The SMILES string of the molecule is O=C(O)CO[C@H]1CC[C@H](NC[C@H](O)c2cccc(F)c2)CC1. The third-order valence-corrected chi connectivity index (χ3v) is 3.95. The number of aliphatic hydroxyl groups is 1. The average molecular weight is 311 g/mol. The maximum atomic E-state index is 13.1. The fourth-order valence-corrected chi connectivity index (χ4v) is 2.73. The van der Waals surface area contributed by atoms with Crippen LogP contribution in [0.25, 0.3) is 0 Å². The Morgan fingerprint density at radius 1 is 1.36 bits per heavy atom. The highest BCUT2D eigenvalue weighted by Crippen LogP contribution is 2.22. The van der Waals surface area contributed by atoms with Gasteiger partial charge in [0, 0.05) is 12.6 Å². The summed E-state index contributed by atoms with van der Waals surface area (Å²) in [5, 5.41) is 21.9. The highest BCUT2D eigenvalue weighted by atomic mass is 19.1. The van der Waals surface area contributed by atoms with Crippen molar-refractivity contribution < 1.29 is 24.1 Å². The molecule has 5 nitrogen and oxygen atoms in total. The Bertz CT molecular complexity index is 489. The van der Waals surface area contributed by atoms with Gasteiger partial charge >= 0.3 is 5.97 Å². The molecule has 1 aromatic rings. The van der Waals surface area contributed by atoms with E-state index in [1.807, 2.05) is 0 Å². The normalized spacial score (nSPS) is 23.2. The quantitative estimate of drug-likeness (QED) is 0.716. The van der Waals surface area contributed by atoms with Gasteiger partial charge in [0.1, 0.15) is 12.4 Å². The van der Waals surface area contributed by atoms with Gasteiger partial charge in [-0.3, -0.25) is 0 Å². The molecule has 0 aliphatic heterocycles. The summed E-state index contributed by atoms with van der Waals surface area (Å²) < 4.78 is 18.4. The largest absolute Gasteiger partial charge is 0.480 e. The van der Waals surface area contributed by atoms with Gasteiger partial charge in [-0.05, 0) is 43.4 Å². The molecule has 0 radical (unpaired) electrons. The fraction of sp³-hybridized carbons (Fsp3) is 0.562. The summed E-state index contributed by atoms with van der Waals surface area (Å²) in [6, 6.07) is 6.24. The fourth-order valence-electron chi connectivity index (χ4n) is 2.73. The van der Waals surface area contributed by atoms with E-state index in [9.17, 15) is 14.3 Å². The Labute approximate surface area is 129 Å². The van der Waals surface area contributed by atoms with Gasteiger partial charge in [-0.2, -0.15) is 0 Å². The lowest BCUT2D eigenvalue weighted by atomic mass is 9.92. The van der Waals surface area contributed by atoms with Crippen LogP contribution < -0.4 is 5.32 Å². The predicted octanol–water partition coefficient (Wildman–Crippen LogP) is 1.86. The summed E-state index contributed by atoms with van der Waals surface area (Å²) in [5.74, 6) is -1.30. The summed E-state index contributed by atoms with van der Waals surface area (Å²) >= 11 is 0. The summed E-state index contributed by atoms with van der Waals surface area (Å²) in [7, 11) is 0. The van der Waals surface area contributed by atoms with E-state index < -0.39 is 12.1 Å². The minimum Gasteiger partial charge on any atom is -0.480 e. The lowest BCUT2D eigenvalue weighted by Crippen LogP contribution is -2.37. The standard InChI is InChI=1S/C16H22FNO4/c17-12-3-1-2-11(8-12)15(19)9-18-13-4-6-14(7-5-13)22-10-16(20)21/h1-3,8,13-15,18-19H,4-7,9-10H2,(H,20,21)/t13-,14-,15-/m0/s1. The molecular weight excluding hydrogens is 289 g/mol. The van der Waals surface area contributed by atoms with Crippen molar-refractivity contribution in [2.75, 3.05) is 13.2 Å². The van der Waals surface area contributed by atoms with Crippen LogP contribution in [0.1, 0.15) is 37.4 Å². The van der Waals surface area contributed by atoms with E-state index in [4.69, 9.17) is 9.84 Å². The Morgan fingerprint density at radius 2 is 2.09 bits per heavy atom. The van der Waals surface area contributed by atoms with Crippen LogP contribution in [0.3, 0.4) is 0 Å². The molecule has 1 atom stereocenters. The Balaban J connectivity index is 1.69. The molecule has 0 spiro atoms. The molecule has 0 heterocycles. The van der Waals surface area contributed by atoms with Crippen molar-refractivity contribution in [3.05, 3.63) is 35.6 Å². The number of hydrogen-bond donors (Lipinski definition) is 3. The van der Waals surface area contributed by atoms with E-state index in [1.165, 1.54) is 12.1 Å². The van der Waals surface area contributed by atoms with Gasteiger partial charge in [0.2, 0.25) is 0 Å². The Kier molecular flexibility index (Phi) is 6.30. The number of rotatable bonds is 7. The number of aliphatic hydroxyl groups excluding tert-OH is 1. The molecule has 0 amide bonds. The third kappa shape index (κ3) is 5.36. The molecule has 0 saturated heterocycles. The number of carbonyl (C=O) groups is 1. The van der Waals surface area contributed by atoms with Gasteiger partial charge in [-0.1, -0.05) is 12.1 Å². The third-order valence-electron chi connectivity index (χ3n) is 3.95.